The second kappa shape index (κ2) is 7.54. The molecule has 2 aromatic carbocycles. The Kier molecular flexibility index (Phi) is 4.99. The van der Waals surface area contributed by atoms with Gasteiger partial charge in [0.25, 0.3) is 0 Å². The Morgan fingerprint density at radius 1 is 1.17 bits per heavy atom. The lowest BCUT2D eigenvalue weighted by atomic mass is 10.0. The molecule has 0 bridgehead atoms. The van der Waals surface area contributed by atoms with E-state index in [4.69, 9.17) is 15.2 Å². The van der Waals surface area contributed by atoms with Crippen LogP contribution in [-0.4, -0.2) is 25.7 Å². The van der Waals surface area contributed by atoms with Crippen LogP contribution in [0.4, 0.5) is 0 Å². The van der Waals surface area contributed by atoms with Gasteiger partial charge in [0.1, 0.15) is 18.1 Å². The molecule has 0 aliphatic carbocycles. The fourth-order valence-electron chi connectivity index (χ4n) is 2.56. The number of guanidine groups is 1. The number of hydrogen-bond donors (Lipinski definition) is 2. The molecule has 0 spiro atoms. The van der Waals surface area contributed by atoms with Gasteiger partial charge in [0.2, 0.25) is 0 Å². The van der Waals surface area contributed by atoms with Crippen molar-refractivity contribution in [2.24, 2.45) is 10.7 Å². The predicted octanol–water partition coefficient (Wildman–Crippen LogP) is 2.49. The Balaban J connectivity index is 1.50. The molecule has 0 saturated heterocycles. The quantitative estimate of drug-likeness (QED) is 0.506. The molecular formula is C18H21N3O2. The molecule has 5 nitrogen and oxygen atoms in total. The molecular weight excluding hydrogens is 290 g/mol. The third kappa shape index (κ3) is 4.16. The number of fused-ring (bicyclic) bond motifs is 1. The first kappa shape index (κ1) is 15.2. The Morgan fingerprint density at radius 2 is 1.96 bits per heavy atom. The van der Waals surface area contributed by atoms with Crippen molar-refractivity contribution in [1.82, 2.24) is 5.32 Å². The van der Waals surface area contributed by atoms with Crippen LogP contribution in [0.5, 0.6) is 11.5 Å². The van der Waals surface area contributed by atoms with Crippen LogP contribution in [0.1, 0.15) is 18.0 Å². The number of nitrogens with one attached hydrogen (secondary N) is 1. The number of benzene rings is 2. The fourth-order valence-corrected chi connectivity index (χ4v) is 2.56. The molecule has 1 aliphatic heterocycles. The molecule has 120 valence electrons. The molecule has 0 radical (unpaired) electrons. The standard InChI is InChI=1S/C18H21N3O2/c19-18(20-11-13-22-14-6-2-1-3-7-14)21-16-10-12-23-17-9-5-4-8-15(16)17/h1-9,16H,10-13H2,(H3,19,20,21). The zero-order valence-electron chi connectivity index (χ0n) is 12.9. The van der Waals surface area contributed by atoms with E-state index in [-0.39, 0.29) is 6.04 Å². The highest BCUT2D eigenvalue weighted by atomic mass is 16.5. The second-order valence-corrected chi connectivity index (χ2v) is 5.30. The number of aliphatic imine (C=N–C) groups is 1. The Labute approximate surface area is 136 Å². The smallest absolute Gasteiger partial charge is 0.189 e. The van der Waals surface area contributed by atoms with Gasteiger partial charge < -0.3 is 20.5 Å². The molecule has 3 N–H and O–H groups in total. The van der Waals surface area contributed by atoms with Gasteiger partial charge >= 0.3 is 0 Å². The van der Waals surface area contributed by atoms with E-state index in [2.05, 4.69) is 16.4 Å². The summed E-state index contributed by atoms with van der Waals surface area (Å²) in [7, 11) is 0. The van der Waals surface area contributed by atoms with Gasteiger partial charge in [-0.3, -0.25) is 0 Å². The van der Waals surface area contributed by atoms with Gasteiger partial charge in [-0.15, -0.1) is 0 Å². The van der Waals surface area contributed by atoms with Crippen LogP contribution >= 0.6 is 0 Å². The number of para-hydroxylation sites is 2. The second-order valence-electron chi connectivity index (χ2n) is 5.30. The molecule has 5 heteroatoms. The molecule has 1 aliphatic rings. The molecule has 1 unspecified atom stereocenters. The normalized spacial score (nSPS) is 17.0. The number of nitrogens with two attached hydrogens (primary N) is 1. The first-order valence-corrected chi connectivity index (χ1v) is 7.79. The van der Waals surface area contributed by atoms with E-state index in [9.17, 15) is 0 Å². The highest BCUT2D eigenvalue weighted by molar-refractivity contribution is 5.78. The lowest BCUT2D eigenvalue weighted by Crippen LogP contribution is -2.37. The van der Waals surface area contributed by atoms with Gasteiger partial charge in [0, 0.05) is 12.0 Å². The van der Waals surface area contributed by atoms with E-state index >= 15 is 0 Å². The first-order valence-electron chi connectivity index (χ1n) is 7.79. The molecule has 23 heavy (non-hydrogen) atoms. The summed E-state index contributed by atoms with van der Waals surface area (Å²) in [6.45, 7) is 1.69. The van der Waals surface area contributed by atoms with Crippen molar-refractivity contribution in [1.29, 1.82) is 0 Å². The van der Waals surface area contributed by atoms with Crippen LogP contribution in [0.3, 0.4) is 0 Å². The van der Waals surface area contributed by atoms with Crippen molar-refractivity contribution in [2.75, 3.05) is 19.8 Å². The fraction of sp³-hybridized carbons (Fsp3) is 0.278. The highest BCUT2D eigenvalue weighted by Crippen LogP contribution is 2.31. The van der Waals surface area contributed by atoms with Gasteiger partial charge in [-0.1, -0.05) is 36.4 Å². The van der Waals surface area contributed by atoms with E-state index in [1.54, 1.807) is 0 Å². The third-order valence-corrected chi connectivity index (χ3v) is 3.67. The number of ether oxygens (including phenoxy) is 2. The molecule has 1 atom stereocenters. The SMILES string of the molecule is NC(=NCCOc1ccccc1)NC1CCOc2ccccc21. The zero-order valence-corrected chi connectivity index (χ0v) is 12.9. The van der Waals surface area contributed by atoms with Crippen LogP contribution in [0.15, 0.2) is 59.6 Å². The van der Waals surface area contributed by atoms with Crippen LogP contribution < -0.4 is 20.5 Å². The molecule has 0 fully saturated rings. The monoisotopic (exact) mass is 311 g/mol. The summed E-state index contributed by atoms with van der Waals surface area (Å²) in [5.74, 6) is 2.19. The van der Waals surface area contributed by atoms with Crippen LogP contribution in [0.25, 0.3) is 0 Å². The number of nitrogens with zero attached hydrogens (tertiary/aromatic N) is 1. The Bertz CT molecular complexity index is 658. The average Bonchev–Trinajstić information content (AvgIpc) is 2.60. The molecule has 0 amide bonds. The van der Waals surface area contributed by atoms with Crippen molar-refractivity contribution >= 4 is 5.96 Å². The van der Waals surface area contributed by atoms with Crippen molar-refractivity contribution in [2.45, 2.75) is 12.5 Å². The summed E-state index contributed by atoms with van der Waals surface area (Å²) in [4.78, 5) is 4.32. The van der Waals surface area contributed by atoms with E-state index < -0.39 is 0 Å². The summed E-state index contributed by atoms with van der Waals surface area (Å²) < 4.78 is 11.2. The summed E-state index contributed by atoms with van der Waals surface area (Å²) >= 11 is 0. The van der Waals surface area contributed by atoms with Gasteiger partial charge in [-0.05, 0) is 18.2 Å². The lowest BCUT2D eigenvalue weighted by molar-refractivity contribution is 0.262. The zero-order chi connectivity index (χ0) is 15.9. The summed E-state index contributed by atoms with van der Waals surface area (Å²) in [6.07, 6.45) is 0.869. The topological polar surface area (TPSA) is 68.9 Å². The number of rotatable bonds is 5. The summed E-state index contributed by atoms with van der Waals surface area (Å²) in [5.41, 5.74) is 7.11. The summed E-state index contributed by atoms with van der Waals surface area (Å²) in [5, 5.41) is 3.27. The molecule has 1 heterocycles. The van der Waals surface area contributed by atoms with Gasteiger partial charge in [0.05, 0.1) is 19.2 Å². The van der Waals surface area contributed by atoms with Crippen molar-refractivity contribution < 1.29 is 9.47 Å². The predicted molar refractivity (Wildman–Crippen MR) is 90.9 cm³/mol. The minimum atomic E-state index is 0.138. The van der Waals surface area contributed by atoms with E-state index in [1.165, 1.54) is 0 Å². The minimum absolute atomic E-state index is 0.138. The first-order chi connectivity index (χ1) is 11.3. The minimum Gasteiger partial charge on any atom is -0.493 e. The maximum absolute atomic E-state index is 5.98. The van der Waals surface area contributed by atoms with Crippen molar-refractivity contribution in [3.8, 4) is 11.5 Å². The molecule has 0 saturated carbocycles. The molecule has 2 aromatic rings. The van der Waals surface area contributed by atoms with Gasteiger partial charge in [0.15, 0.2) is 5.96 Å². The third-order valence-electron chi connectivity index (χ3n) is 3.67. The average molecular weight is 311 g/mol. The lowest BCUT2D eigenvalue weighted by Gasteiger charge is -2.26. The van der Waals surface area contributed by atoms with E-state index in [0.29, 0.717) is 25.7 Å². The van der Waals surface area contributed by atoms with Crippen molar-refractivity contribution in [3.63, 3.8) is 0 Å². The van der Waals surface area contributed by atoms with Gasteiger partial charge in [-0.2, -0.15) is 0 Å². The van der Waals surface area contributed by atoms with E-state index in [1.807, 2.05) is 48.5 Å². The maximum Gasteiger partial charge on any atom is 0.189 e. The van der Waals surface area contributed by atoms with Crippen molar-refractivity contribution in [3.05, 3.63) is 60.2 Å². The molecule has 0 aromatic heterocycles. The Morgan fingerprint density at radius 3 is 2.83 bits per heavy atom. The Hall–Kier alpha value is -2.69. The van der Waals surface area contributed by atoms with Gasteiger partial charge in [-0.25, -0.2) is 4.99 Å². The van der Waals surface area contributed by atoms with Crippen LogP contribution in [-0.2, 0) is 0 Å². The highest BCUT2D eigenvalue weighted by Gasteiger charge is 2.21. The molecule has 3 rings (SSSR count). The van der Waals surface area contributed by atoms with Crippen LogP contribution in [0, 0.1) is 0 Å². The van der Waals surface area contributed by atoms with E-state index in [0.717, 1.165) is 23.5 Å². The summed E-state index contributed by atoms with van der Waals surface area (Å²) in [6, 6.07) is 17.8. The largest absolute Gasteiger partial charge is 0.493 e. The number of hydrogen-bond acceptors (Lipinski definition) is 3. The maximum atomic E-state index is 5.98. The van der Waals surface area contributed by atoms with Crippen LogP contribution in [0.2, 0.25) is 0 Å².